The molecule has 0 unspecified atom stereocenters. The number of ether oxygens (including phenoxy) is 2. The van der Waals surface area contributed by atoms with Crippen LogP contribution in [-0.4, -0.2) is 69.0 Å². The number of aliphatic imine (C=N–C) groups is 1. The average Bonchev–Trinajstić information content (AvgIpc) is 3.26. The average molecular weight is 552 g/mol. The Morgan fingerprint density at radius 2 is 1.84 bits per heavy atom. The van der Waals surface area contributed by atoms with Crippen LogP contribution in [0.5, 0.6) is 11.5 Å². The minimum Gasteiger partial charge on any atom is -0.454 e. The van der Waals surface area contributed by atoms with Gasteiger partial charge in [0.25, 0.3) is 0 Å². The molecule has 1 fully saturated rings. The second-order valence-corrected chi connectivity index (χ2v) is 7.87. The van der Waals surface area contributed by atoms with Crippen molar-refractivity contribution < 1.29 is 9.47 Å². The van der Waals surface area contributed by atoms with E-state index < -0.39 is 0 Å². The molecule has 0 saturated carbocycles. The Balaban J connectivity index is 0.00000289. The monoisotopic (exact) mass is 552 g/mol. The Labute approximate surface area is 207 Å². The number of hydrogen-bond donors (Lipinski definition) is 2. The first-order valence-corrected chi connectivity index (χ1v) is 11.0. The zero-order valence-electron chi connectivity index (χ0n) is 18.8. The summed E-state index contributed by atoms with van der Waals surface area (Å²) < 4.78 is 10.8. The summed E-state index contributed by atoms with van der Waals surface area (Å²) in [5.41, 5.74) is 2.37. The van der Waals surface area contributed by atoms with Gasteiger partial charge in [0.1, 0.15) is 5.82 Å². The number of likely N-dealkylation sites (N-methyl/N-ethyl adjacent to an activating group) is 1. The first-order valence-electron chi connectivity index (χ1n) is 11.0. The van der Waals surface area contributed by atoms with E-state index in [1.54, 1.807) is 0 Å². The van der Waals surface area contributed by atoms with Gasteiger partial charge in [0, 0.05) is 45.5 Å². The van der Waals surface area contributed by atoms with Gasteiger partial charge in [-0.05, 0) is 55.8 Å². The van der Waals surface area contributed by atoms with Crippen molar-refractivity contribution in [1.82, 2.24) is 20.5 Å². The molecule has 1 aromatic carbocycles. The largest absolute Gasteiger partial charge is 0.454 e. The summed E-state index contributed by atoms with van der Waals surface area (Å²) in [7, 11) is 2.16. The molecule has 0 atom stereocenters. The quantitative estimate of drug-likeness (QED) is 0.311. The smallest absolute Gasteiger partial charge is 0.231 e. The van der Waals surface area contributed by atoms with E-state index in [9.17, 15) is 0 Å². The zero-order chi connectivity index (χ0) is 21.5. The van der Waals surface area contributed by atoms with E-state index >= 15 is 0 Å². The number of guanidine groups is 1. The fourth-order valence-corrected chi connectivity index (χ4v) is 3.70. The van der Waals surface area contributed by atoms with Crippen molar-refractivity contribution in [3.63, 3.8) is 0 Å². The third kappa shape index (κ3) is 6.61. The van der Waals surface area contributed by atoms with Crippen LogP contribution >= 0.6 is 24.0 Å². The molecule has 2 aliphatic heterocycles. The van der Waals surface area contributed by atoms with Crippen molar-refractivity contribution in [3.05, 3.63) is 47.7 Å². The van der Waals surface area contributed by atoms with Crippen LogP contribution in [0.4, 0.5) is 5.82 Å². The number of halogens is 1. The maximum Gasteiger partial charge on any atom is 0.231 e. The molecule has 2 aliphatic rings. The van der Waals surface area contributed by atoms with E-state index in [2.05, 4.69) is 51.5 Å². The normalized spacial score (nSPS) is 15.9. The summed E-state index contributed by atoms with van der Waals surface area (Å²) in [4.78, 5) is 14.0. The van der Waals surface area contributed by atoms with E-state index in [4.69, 9.17) is 14.5 Å². The molecule has 2 N–H and O–H groups in total. The highest BCUT2D eigenvalue weighted by Crippen LogP contribution is 2.32. The molecular weight excluding hydrogens is 519 g/mol. The first-order chi connectivity index (χ1) is 15.2. The van der Waals surface area contributed by atoms with E-state index in [1.807, 2.05) is 24.4 Å². The summed E-state index contributed by atoms with van der Waals surface area (Å²) in [6, 6.07) is 10.3. The third-order valence-electron chi connectivity index (χ3n) is 5.54. The highest BCUT2D eigenvalue weighted by molar-refractivity contribution is 14.0. The van der Waals surface area contributed by atoms with Gasteiger partial charge in [-0.15, -0.1) is 24.0 Å². The molecule has 0 spiro atoms. The lowest BCUT2D eigenvalue weighted by Gasteiger charge is -2.33. The van der Waals surface area contributed by atoms with Gasteiger partial charge in [-0.2, -0.15) is 0 Å². The number of piperazine rings is 1. The van der Waals surface area contributed by atoms with Crippen LogP contribution in [0, 0.1) is 0 Å². The maximum atomic E-state index is 5.46. The van der Waals surface area contributed by atoms with Crippen LogP contribution in [0.1, 0.15) is 18.1 Å². The Morgan fingerprint density at radius 1 is 1.03 bits per heavy atom. The van der Waals surface area contributed by atoms with Crippen LogP contribution in [0.15, 0.2) is 41.5 Å². The third-order valence-corrected chi connectivity index (χ3v) is 5.54. The van der Waals surface area contributed by atoms with Gasteiger partial charge in [0.15, 0.2) is 17.5 Å². The molecule has 0 amide bonds. The standard InChI is InChI=1S/C23H32N6O2.HI/c1-3-24-23(26-9-6-18-4-5-20-21(14-18)31-17-30-20)27-16-19-7-8-25-22(15-19)29-12-10-28(2)11-13-29;/h4-5,7-8,14-15H,3,6,9-13,16-17H2,1-2H3,(H2,24,26,27);1H. The molecule has 0 aliphatic carbocycles. The fraction of sp³-hybridized carbons (Fsp3) is 0.478. The minimum atomic E-state index is 0. The number of fused-ring (bicyclic) bond motifs is 1. The van der Waals surface area contributed by atoms with Crippen molar-refractivity contribution in [2.75, 3.05) is 58.0 Å². The van der Waals surface area contributed by atoms with Crippen molar-refractivity contribution in [1.29, 1.82) is 0 Å². The van der Waals surface area contributed by atoms with Crippen LogP contribution in [0.2, 0.25) is 0 Å². The summed E-state index contributed by atoms with van der Waals surface area (Å²) in [5, 5.41) is 6.75. The van der Waals surface area contributed by atoms with Gasteiger partial charge in [-0.3, -0.25) is 0 Å². The predicted octanol–water partition coefficient (Wildman–Crippen LogP) is 2.48. The molecule has 4 rings (SSSR count). The lowest BCUT2D eigenvalue weighted by Crippen LogP contribution is -2.44. The molecule has 9 heteroatoms. The number of aromatic nitrogens is 1. The molecular formula is C23H33IN6O2. The fourth-order valence-electron chi connectivity index (χ4n) is 3.70. The van der Waals surface area contributed by atoms with E-state index in [-0.39, 0.29) is 24.0 Å². The van der Waals surface area contributed by atoms with Gasteiger partial charge in [0.2, 0.25) is 6.79 Å². The van der Waals surface area contributed by atoms with E-state index in [1.165, 1.54) is 5.56 Å². The summed E-state index contributed by atoms with van der Waals surface area (Å²) in [6.07, 6.45) is 2.77. The summed E-state index contributed by atoms with van der Waals surface area (Å²) in [5.74, 6) is 3.51. The van der Waals surface area contributed by atoms with Crippen LogP contribution in [0.3, 0.4) is 0 Å². The molecule has 8 nitrogen and oxygen atoms in total. The summed E-state index contributed by atoms with van der Waals surface area (Å²) in [6.45, 7) is 8.77. The van der Waals surface area contributed by atoms with Crippen molar-refractivity contribution in [3.8, 4) is 11.5 Å². The van der Waals surface area contributed by atoms with Crippen LogP contribution in [0.25, 0.3) is 0 Å². The topological polar surface area (TPSA) is 74.3 Å². The lowest BCUT2D eigenvalue weighted by atomic mass is 10.1. The molecule has 0 bridgehead atoms. The Morgan fingerprint density at radius 3 is 2.66 bits per heavy atom. The van der Waals surface area contributed by atoms with Gasteiger partial charge < -0.3 is 29.9 Å². The molecule has 2 aromatic rings. The second kappa shape index (κ2) is 12.1. The van der Waals surface area contributed by atoms with Crippen molar-refractivity contribution in [2.45, 2.75) is 19.9 Å². The Hall–Kier alpha value is -2.27. The number of hydrogen-bond acceptors (Lipinski definition) is 6. The van der Waals surface area contributed by atoms with Crippen LogP contribution in [-0.2, 0) is 13.0 Å². The van der Waals surface area contributed by atoms with Gasteiger partial charge in [0.05, 0.1) is 6.54 Å². The van der Waals surface area contributed by atoms with Gasteiger partial charge in [-0.1, -0.05) is 6.07 Å². The lowest BCUT2D eigenvalue weighted by molar-refractivity contribution is 0.174. The molecule has 174 valence electrons. The Bertz CT molecular complexity index is 902. The Kier molecular flexibility index (Phi) is 9.22. The van der Waals surface area contributed by atoms with Crippen LogP contribution < -0.4 is 25.0 Å². The highest BCUT2D eigenvalue weighted by atomic mass is 127. The molecule has 1 saturated heterocycles. The SMILES string of the molecule is CCNC(=NCc1ccnc(N2CCN(C)CC2)c1)NCCc1ccc2c(c1)OCO2.I. The summed E-state index contributed by atoms with van der Waals surface area (Å²) >= 11 is 0. The van der Waals surface area contributed by atoms with E-state index in [0.717, 1.165) is 74.5 Å². The van der Waals surface area contributed by atoms with Crippen molar-refractivity contribution in [2.24, 2.45) is 4.99 Å². The molecule has 3 heterocycles. The zero-order valence-corrected chi connectivity index (χ0v) is 21.2. The number of benzene rings is 1. The molecule has 0 radical (unpaired) electrons. The molecule has 32 heavy (non-hydrogen) atoms. The number of pyridine rings is 1. The maximum absolute atomic E-state index is 5.46. The second-order valence-electron chi connectivity index (χ2n) is 7.87. The minimum absolute atomic E-state index is 0. The highest BCUT2D eigenvalue weighted by Gasteiger charge is 2.15. The van der Waals surface area contributed by atoms with Gasteiger partial charge in [-0.25, -0.2) is 9.98 Å². The van der Waals surface area contributed by atoms with Crippen molar-refractivity contribution >= 4 is 35.8 Å². The van der Waals surface area contributed by atoms with Gasteiger partial charge >= 0.3 is 0 Å². The number of nitrogens with zero attached hydrogens (tertiary/aromatic N) is 4. The molecule has 1 aromatic heterocycles. The van der Waals surface area contributed by atoms with E-state index in [0.29, 0.717) is 13.3 Å². The first kappa shape index (κ1) is 24.4. The predicted molar refractivity (Wildman–Crippen MR) is 138 cm³/mol. The number of anilines is 1. The number of rotatable bonds is 7. The number of nitrogens with one attached hydrogen (secondary N) is 2.